The zero-order valence-corrected chi connectivity index (χ0v) is 8.62. The van der Waals surface area contributed by atoms with Crippen molar-refractivity contribution in [3.8, 4) is 11.8 Å². The van der Waals surface area contributed by atoms with Crippen LogP contribution in [0.4, 0.5) is 4.39 Å². The lowest BCUT2D eigenvalue weighted by Crippen LogP contribution is -2.15. The highest BCUT2D eigenvalue weighted by atomic mass is 19.1. The van der Waals surface area contributed by atoms with Gasteiger partial charge in [-0.3, -0.25) is 4.79 Å². The highest BCUT2D eigenvalue weighted by Crippen LogP contribution is 2.00. The summed E-state index contributed by atoms with van der Waals surface area (Å²) in [5.74, 6) is 2.29. The Balaban J connectivity index is 2.71. The summed E-state index contributed by atoms with van der Waals surface area (Å²) in [7, 11) is 0. The fraction of sp³-hybridized carbons (Fsp3) is 0.167. The number of hydrogen-bond acceptors (Lipinski definition) is 3. The van der Waals surface area contributed by atoms with Crippen molar-refractivity contribution in [1.82, 2.24) is 0 Å². The monoisotopic (exact) mass is 220 g/mol. The van der Waals surface area contributed by atoms with Crippen LogP contribution in [-0.4, -0.2) is 18.4 Å². The van der Waals surface area contributed by atoms with Crippen molar-refractivity contribution in [2.75, 3.05) is 6.61 Å². The van der Waals surface area contributed by atoms with Gasteiger partial charge in [0.15, 0.2) is 0 Å². The molecule has 0 bridgehead atoms. The molecule has 4 heteroatoms. The molecule has 0 saturated carbocycles. The van der Waals surface area contributed by atoms with Crippen molar-refractivity contribution < 1.29 is 18.7 Å². The maximum atomic E-state index is 12.5. The summed E-state index contributed by atoms with van der Waals surface area (Å²) in [6, 6.07) is 5.28. The molecule has 0 atom stereocenters. The Morgan fingerprint density at radius 2 is 1.94 bits per heavy atom. The van der Waals surface area contributed by atoms with Gasteiger partial charge in [0.05, 0.1) is 6.61 Å². The van der Waals surface area contributed by atoms with E-state index in [0.29, 0.717) is 5.56 Å². The van der Waals surface area contributed by atoms with E-state index in [1.165, 1.54) is 24.3 Å². The topological polar surface area (TPSA) is 43.4 Å². The van der Waals surface area contributed by atoms with E-state index in [-0.39, 0.29) is 12.4 Å². The summed E-state index contributed by atoms with van der Waals surface area (Å²) >= 11 is 0. The predicted octanol–water partition coefficient (Wildman–Crippen LogP) is 1.31. The van der Waals surface area contributed by atoms with Gasteiger partial charge in [-0.25, -0.2) is 9.18 Å². The second-order valence-electron chi connectivity index (χ2n) is 2.81. The molecular formula is C12H9FO3. The Hall–Kier alpha value is -2.15. The van der Waals surface area contributed by atoms with Gasteiger partial charge in [-0.2, -0.15) is 0 Å². The fourth-order valence-corrected chi connectivity index (χ4v) is 0.910. The molecular weight excluding hydrogens is 211 g/mol. The van der Waals surface area contributed by atoms with Crippen LogP contribution in [0.25, 0.3) is 0 Å². The van der Waals surface area contributed by atoms with E-state index in [2.05, 4.69) is 16.6 Å². The summed E-state index contributed by atoms with van der Waals surface area (Å²) in [5.41, 5.74) is 0.457. The Bertz CT molecular complexity index is 451. The quantitative estimate of drug-likeness (QED) is 0.429. The van der Waals surface area contributed by atoms with Crippen molar-refractivity contribution in [2.24, 2.45) is 0 Å². The van der Waals surface area contributed by atoms with Gasteiger partial charge in [-0.1, -0.05) is 5.92 Å². The number of halogens is 1. The number of benzene rings is 1. The largest absolute Gasteiger partial charge is 0.459 e. The third-order valence-corrected chi connectivity index (χ3v) is 1.63. The molecule has 0 unspecified atom stereocenters. The van der Waals surface area contributed by atoms with E-state index in [4.69, 9.17) is 0 Å². The minimum absolute atomic E-state index is 0.128. The number of rotatable bonds is 2. The summed E-state index contributed by atoms with van der Waals surface area (Å²) < 4.78 is 17.0. The van der Waals surface area contributed by atoms with Crippen molar-refractivity contribution in [3.05, 3.63) is 35.6 Å². The van der Waals surface area contributed by atoms with Crippen LogP contribution in [0.5, 0.6) is 0 Å². The molecule has 0 fully saturated rings. The minimum Gasteiger partial charge on any atom is -0.459 e. The lowest BCUT2D eigenvalue weighted by molar-refractivity contribution is -0.150. The maximum absolute atomic E-state index is 12.5. The number of Topliss-reactive ketones (excluding diaryl/α,β-unsaturated/α-hetero) is 1. The van der Waals surface area contributed by atoms with Gasteiger partial charge < -0.3 is 4.74 Å². The molecule has 0 radical (unpaired) electrons. The molecule has 1 aromatic carbocycles. The second kappa shape index (κ2) is 5.66. The summed E-state index contributed by atoms with van der Waals surface area (Å²) in [4.78, 5) is 21.9. The number of carbonyl (C=O) groups is 2. The Labute approximate surface area is 92.2 Å². The zero-order valence-electron chi connectivity index (χ0n) is 8.62. The van der Waals surface area contributed by atoms with E-state index < -0.39 is 11.8 Å². The van der Waals surface area contributed by atoms with Crippen LogP contribution >= 0.6 is 0 Å². The molecule has 0 spiro atoms. The van der Waals surface area contributed by atoms with Crippen LogP contribution in [0.1, 0.15) is 12.5 Å². The predicted molar refractivity (Wildman–Crippen MR) is 54.9 cm³/mol. The van der Waals surface area contributed by atoms with Gasteiger partial charge >= 0.3 is 11.8 Å². The van der Waals surface area contributed by atoms with Crippen molar-refractivity contribution in [1.29, 1.82) is 0 Å². The lowest BCUT2D eigenvalue weighted by Gasteiger charge is -1.93. The third kappa shape index (κ3) is 3.54. The maximum Gasteiger partial charge on any atom is 0.388 e. The zero-order chi connectivity index (χ0) is 12.0. The van der Waals surface area contributed by atoms with E-state index in [1.807, 2.05) is 0 Å². The molecule has 0 N–H and O–H groups in total. The molecule has 0 aliphatic rings. The highest BCUT2D eigenvalue weighted by molar-refractivity contribution is 6.40. The van der Waals surface area contributed by atoms with Gasteiger partial charge in [0.1, 0.15) is 5.82 Å². The minimum atomic E-state index is -0.975. The van der Waals surface area contributed by atoms with Gasteiger partial charge in [-0.15, -0.1) is 0 Å². The van der Waals surface area contributed by atoms with E-state index in [1.54, 1.807) is 6.92 Å². The first-order chi connectivity index (χ1) is 7.63. The van der Waals surface area contributed by atoms with Gasteiger partial charge in [0, 0.05) is 5.56 Å². The van der Waals surface area contributed by atoms with Crippen LogP contribution in [0.2, 0.25) is 0 Å². The van der Waals surface area contributed by atoms with Crippen LogP contribution in [0, 0.1) is 17.7 Å². The number of carbonyl (C=O) groups excluding carboxylic acids is 2. The van der Waals surface area contributed by atoms with Gasteiger partial charge in [0.2, 0.25) is 0 Å². The number of esters is 1. The lowest BCUT2D eigenvalue weighted by atomic mass is 10.2. The van der Waals surface area contributed by atoms with E-state index >= 15 is 0 Å². The first kappa shape index (κ1) is 11.9. The van der Waals surface area contributed by atoms with Crippen LogP contribution in [0.3, 0.4) is 0 Å². The second-order valence-corrected chi connectivity index (χ2v) is 2.81. The Morgan fingerprint density at radius 3 is 2.50 bits per heavy atom. The smallest absolute Gasteiger partial charge is 0.388 e. The molecule has 0 heterocycles. The molecule has 0 saturated heterocycles. The normalized spacial score (nSPS) is 8.88. The highest BCUT2D eigenvalue weighted by Gasteiger charge is 2.10. The van der Waals surface area contributed by atoms with E-state index in [9.17, 15) is 14.0 Å². The standard InChI is InChI=1S/C12H9FO3/c1-2-16-12(15)11(14)8-5-9-3-6-10(13)7-4-9/h3-4,6-7H,2H2,1H3. The van der Waals surface area contributed by atoms with Gasteiger partial charge in [0.25, 0.3) is 0 Å². The first-order valence-corrected chi connectivity index (χ1v) is 4.62. The van der Waals surface area contributed by atoms with Crippen LogP contribution in [0.15, 0.2) is 24.3 Å². The van der Waals surface area contributed by atoms with E-state index in [0.717, 1.165) is 0 Å². The van der Waals surface area contributed by atoms with Crippen molar-refractivity contribution in [3.63, 3.8) is 0 Å². The fourth-order valence-electron chi connectivity index (χ4n) is 0.910. The third-order valence-electron chi connectivity index (χ3n) is 1.63. The summed E-state index contributed by atoms with van der Waals surface area (Å²) in [6.45, 7) is 1.72. The Kier molecular flexibility index (Phi) is 4.22. The van der Waals surface area contributed by atoms with Crippen molar-refractivity contribution >= 4 is 11.8 Å². The molecule has 0 amide bonds. The molecule has 1 aromatic rings. The molecule has 1 rings (SSSR count). The SMILES string of the molecule is CCOC(=O)C(=O)C#Cc1ccc(F)cc1. The first-order valence-electron chi connectivity index (χ1n) is 4.62. The Morgan fingerprint density at radius 1 is 1.31 bits per heavy atom. The number of hydrogen-bond donors (Lipinski definition) is 0. The molecule has 82 valence electrons. The molecule has 16 heavy (non-hydrogen) atoms. The van der Waals surface area contributed by atoms with Crippen LogP contribution < -0.4 is 0 Å². The van der Waals surface area contributed by atoms with Crippen LogP contribution in [-0.2, 0) is 14.3 Å². The molecule has 3 nitrogen and oxygen atoms in total. The summed E-state index contributed by atoms with van der Waals surface area (Å²) in [5, 5.41) is 0. The number of ketones is 1. The average molecular weight is 220 g/mol. The van der Waals surface area contributed by atoms with Gasteiger partial charge in [-0.05, 0) is 37.1 Å². The van der Waals surface area contributed by atoms with Crippen molar-refractivity contribution in [2.45, 2.75) is 6.92 Å². The molecule has 0 aromatic heterocycles. The number of ether oxygens (including phenoxy) is 1. The molecule has 0 aliphatic heterocycles. The summed E-state index contributed by atoms with van der Waals surface area (Å²) in [6.07, 6.45) is 0. The average Bonchev–Trinajstić information content (AvgIpc) is 2.28. The molecule has 0 aliphatic carbocycles.